The van der Waals surface area contributed by atoms with Gasteiger partial charge in [-0.3, -0.25) is 0 Å². The van der Waals surface area contributed by atoms with Crippen LogP contribution < -0.4 is 0 Å². The van der Waals surface area contributed by atoms with E-state index in [9.17, 15) is 16.8 Å². The smallest absolute Gasteiger partial charge is 0.112 e. The summed E-state index contributed by atoms with van der Waals surface area (Å²) < 4.78 is 47.9. The first-order chi connectivity index (χ1) is 7.12. The number of hydrogen-bond donors (Lipinski definition) is 0. The number of rotatable bonds is 3. The summed E-state index contributed by atoms with van der Waals surface area (Å²) >= 11 is 0. The summed E-state index contributed by atoms with van der Waals surface area (Å²) in [5, 5.41) is 0. The Morgan fingerprint density at radius 1 is 1.06 bits per heavy atom. The molecule has 16 heavy (non-hydrogen) atoms. The molecule has 0 saturated heterocycles. The lowest BCUT2D eigenvalue weighted by atomic mass is 10.2. The fourth-order valence-electron chi connectivity index (χ4n) is 1.20. The monoisotopic (exact) mass is 262 g/mol. The molecule has 0 spiro atoms. The maximum atomic E-state index is 11.7. The molecule has 0 amide bonds. The van der Waals surface area contributed by atoms with Crippen molar-refractivity contribution in [2.75, 3.05) is 6.26 Å². The highest BCUT2D eigenvalue weighted by molar-refractivity contribution is 8.11. The van der Waals surface area contributed by atoms with Crippen LogP contribution in [0, 0.1) is 13.8 Å². The van der Waals surface area contributed by atoms with E-state index in [4.69, 9.17) is 0 Å². The molecule has 0 bridgehead atoms. The van der Waals surface area contributed by atoms with Crippen molar-refractivity contribution in [1.82, 2.24) is 0 Å². The van der Waals surface area contributed by atoms with Gasteiger partial charge in [0.25, 0.3) is 0 Å². The second kappa shape index (κ2) is 4.15. The van der Waals surface area contributed by atoms with E-state index in [0.717, 1.165) is 11.8 Å². The van der Waals surface area contributed by atoms with Gasteiger partial charge in [0.2, 0.25) is 0 Å². The molecule has 0 heterocycles. The summed E-state index contributed by atoms with van der Waals surface area (Å²) in [5.74, 6) is 0. The second-order valence-electron chi connectivity index (χ2n) is 3.55. The molecule has 1 rings (SSSR count). The van der Waals surface area contributed by atoms with Crippen LogP contribution in [0.3, 0.4) is 0 Å². The van der Waals surface area contributed by atoms with Crippen LogP contribution >= 0.6 is 0 Å². The largest absolute Gasteiger partial charge is 0.432 e. The third-order valence-corrected chi connectivity index (χ3v) is 4.72. The number of hydrogen-bond acceptors (Lipinski definition) is 4. The topological polar surface area (TPSA) is 82.4 Å². The maximum Gasteiger partial charge on any atom is 0.112 e. The van der Waals surface area contributed by atoms with E-state index in [-0.39, 0.29) is 4.90 Å². The first-order valence-electron chi connectivity index (χ1n) is 4.38. The Balaban J connectivity index is 3.33. The molecule has 0 unspecified atom stereocenters. The summed E-state index contributed by atoms with van der Waals surface area (Å²) in [4.78, 5) is -0.0714. The molecule has 0 aromatic heterocycles. The quantitative estimate of drug-likeness (QED) is 0.822. The summed E-state index contributed by atoms with van der Waals surface area (Å²) in [7, 11) is -8.06. The zero-order valence-corrected chi connectivity index (χ0v) is 10.8. The highest BCUT2D eigenvalue weighted by Gasteiger charge is 2.11. The van der Waals surface area contributed by atoms with E-state index in [2.05, 4.69) is 4.13 Å². The molecule has 1 aromatic carbocycles. The lowest BCUT2D eigenvalue weighted by Gasteiger charge is -2.19. The van der Waals surface area contributed by atoms with Crippen molar-refractivity contribution in [3.8, 4) is 0 Å². The van der Waals surface area contributed by atoms with Crippen LogP contribution in [0.15, 0.2) is 23.1 Å². The highest BCUT2D eigenvalue weighted by atomic mass is 32.3. The van der Waals surface area contributed by atoms with E-state index in [1.54, 1.807) is 26.0 Å². The van der Waals surface area contributed by atoms with Crippen LogP contribution in [0.5, 0.6) is 0 Å². The van der Waals surface area contributed by atoms with Crippen LogP contribution in [0.4, 0.5) is 0 Å². The third-order valence-electron chi connectivity index (χ3n) is 1.86. The number of nitrogens with zero attached hydrogens (tertiary/aromatic N) is 1. The van der Waals surface area contributed by atoms with E-state index >= 15 is 0 Å². The van der Waals surface area contributed by atoms with E-state index in [1.165, 1.54) is 6.07 Å². The van der Waals surface area contributed by atoms with Crippen molar-refractivity contribution >= 4 is 20.0 Å². The van der Waals surface area contributed by atoms with Crippen LogP contribution in [-0.2, 0) is 20.0 Å². The minimum atomic E-state index is -4.13. The van der Waals surface area contributed by atoms with Crippen molar-refractivity contribution in [2.24, 2.45) is 0 Å². The van der Waals surface area contributed by atoms with Gasteiger partial charge in [0.15, 0.2) is 0 Å². The SMILES string of the molecule is Cc1ccc(C)c(S(=O)(=O)[N-]S(C)(=O)=O)c1. The number of aryl methyl sites for hydroxylation is 2. The van der Waals surface area contributed by atoms with Crippen molar-refractivity contribution in [3.63, 3.8) is 0 Å². The Morgan fingerprint density at radius 2 is 1.62 bits per heavy atom. The lowest BCUT2D eigenvalue weighted by molar-refractivity contribution is 0.597. The van der Waals surface area contributed by atoms with Crippen LogP contribution in [0.1, 0.15) is 11.1 Å². The molecule has 90 valence electrons. The molecule has 0 atom stereocenters. The van der Waals surface area contributed by atoms with E-state index in [1.807, 2.05) is 0 Å². The first kappa shape index (κ1) is 13.1. The molecule has 0 aliphatic rings. The second-order valence-corrected chi connectivity index (χ2v) is 7.00. The van der Waals surface area contributed by atoms with Gasteiger partial charge in [-0.05, 0) is 31.0 Å². The number of sulfonamides is 2. The molecule has 7 heteroatoms. The molecule has 0 N–H and O–H groups in total. The van der Waals surface area contributed by atoms with Crippen molar-refractivity contribution < 1.29 is 16.8 Å². The molecule has 0 aliphatic carbocycles. The standard InChI is InChI=1S/C9H12NO4S2/c1-7-4-5-8(2)9(6-7)16(13,14)10-15(3,11)12/h4-6H,1-3H3/q-1. The van der Waals surface area contributed by atoms with Gasteiger partial charge in [0.1, 0.15) is 10.0 Å². The molecule has 0 fully saturated rings. The Kier molecular flexibility index (Phi) is 3.41. The van der Waals surface area contributed by atoms with Gasteiger partial charge >= 0.3 is 0 Å². The predicted octanol–water partition coefficient (Wildman–Crippen LogP) is 1.33. The van der Waals surface area contributed by atoms with Crippen LogP contribution in [0.2, 0.25) is 0 Å². The molecular weight excluding hydrogens is 250 g/mol. The Hall–Kier alpha value is -0.920. The van der Waals surface area contributed by atoms with E-state index < -0.39 is 20.0 Å². The average molecular weight is 262 g/mol. The molecule has 0 radical (unpaired) electrons. The first-order valence-corrected chi connectivity index (χ1v) is 7.67. The Bertz CT molecular complexity index is 602. The van der Waals surface area contributed by atoms with Crippen molar-refractivity contribution in [1.29, 1.82) is 0 Å². The van der Waals surface area contributed by atoms with Crippen LogP contribution in [-0.4, -0.2) is 23.1 Å². The summed E-state index contributed by atoms with van der Waals surface area (Å²) in [6.45, 7) is 3.31. The van der Waals surface area contributed by atoms with Crippen molar-refractivity contribution in [3.05, 3.63) is 33.5 Å². The number of benzene rings is 1. The minimum absolute atomic E-state index is 0.0714. The zero-order chi connectivity index (χ0) is 12.6. The third kappa shape index (κ3) is 3.29. The van der Waals surface area contributed by atoms with Crippen molar-refractivity contribution in [2.45, 2.75) is 18.7 Å². The van der Waals surface area contributed by atoms with Gasteiger partial charge in [-0.1, -0.05) is 12.1 Å². The highest BCUT2D eigenvalue weighted by Crippen LogP contribution is 2.23. The van der Waals surface area contributed by atoms with Gasteiger partial charge in [0, 0.05) is 6.26 Å². The molecule has 0 aliphatic heterocycles. The molecular formula is C9H12NO4S2-. The fourth-order valence-corrected chi connectivity index (χ4v) is 3.76. The molecule has 5 nitrogen and oxygen atoms in total. The zero-order valence-electron chi connectivity index (χ0n) is 9.13. The van der Waals surface area contributed by atoms with Gasteiger partial charge in [-0.15, -0.1) is 0 Å². The molecule has 0 saturated carbocycles. The van der Waals surface area contributed by atoms with Gasteiger partial charge in [-0.25, -0.2) is 16.8 Å². The minimum Gasteiger partial charge on any atom is -0.432 e. The predicted molar refractivity (Wildman–Crippen MR) is 61.3 cm³/mol. The molecule has 1 aromatic rings. The Morgan fingerprint density at radius 3 is 2.12 bits per heavy atom. The normalized spacial score (nSPS) is 12.7. The fraction of sp³-hybridized carbons (Fsp3) is 0.333. The average Bonchev–Trinajstić information content (AvgIpc) is 2.04. The van der Waals surface area contributed by atoms with Gasteiger partial charge < -0.3 is 4.13 Å². The van der Waals surface area contributed by atoms with Gasteiger partial charge in [0.05, 0.1) is 14.9 Å². The summed E-state index contributed by atoms with van der Waals surface area (Å²) in [6, 6.07) is 4.76. The van der Waals surface area contributed by atoms with Crippen LogP contribution in [0.25, 0.3) is 4.13 Å². The lowest BCUT2D eigenvalue weighted by Crippen LogP contribution is -2.07. The summed E-state index contributed by atoms with van der Waals surface area (Å²) in [5.41, 5.74) is 1.20. The summed E-state index contributed by atoms with van der Waals surface area (Å²) in [6.07, 6.45) is 0.746. The van der Waals surface area contributed by atoms with Gasteiger partial charge in [-0.2, -0.15) is 0 Å². The maximum absolute atomic E-state index is 11.7. The van der Waals surface area contributed by atoms with E-state index in [0.29, 0.717) is 5.56 Å². The Labute approximate surface area is 95.6 Å².